The molecule has 0 radical (unpaired) electrons. The SMILES string of the molecule is Cc1c(NC(=O)CCN2CCCCC2)cn2ncc(C#N)c(Nc3ccc(Oc4ccccc4)cc3)c12. The predicted octanol–water partition coefficient (Wildman–Crippen LogP) is 5.86. The van der Waals surface area contributed by atoms with Crippen LogP contribution in [0.2, 0.25) is 0 Å². The lowest BCUT2D eigenvalue weighted by molar-refractivity contribution is -0.116. The monoisotopic (exact) mass is 494 g/mol. The molecule has 2 N–H and O–H groups in total. The fourth-order valence-corrected chi connectivity index (χ4v) is 4.66. The number of nitrogens with one attached hydrogen (secondary N) is 2. The van der Waals surface area contributed by atoms with Crippen molar-refractivity contribution in [3.63, 3.8) is 0 Å². The summed E-state index contributed by atoms with van der Waals surface area (Å²) in [5.41, 5.74) is 4.15. The van der Waals surface area contributed by atoms with E-state index in [4.69, 9.17) is 4.74 Å². The lowest BCUT2D eigenvalue weighted by atomic mass is 10.1. The van der Waals surface area contributed by atoms with E-state index in [0.29, 0.717) is 29.1 Å². The number of aromatic nitrogens is 2. The van der Waals surface area contributed by atoms with E-state index in [1.807, 2.05) is 61.5 Å². The van der Waals surface area contributed by atoms with Gasteiger partial charge in [-0.2, -0.15) is 10.4 Å². The van der Waals surface area contributed by atoms with Gasteiger partial charge in [0.15, 0.2) is 0 Å². The summed E-state index contributed by atoms with van der Waals surface area (Å²) in [5.74, 6) is 1.46. The summed E-state index contributed by atoms with van der Waals surface area (Å²) in [6.07, 6.45) is 7.47. The second-order valence-corrected chi connectivity index (χ2v) is 9.27. The van der Waals surface area contributed by atoms with Gasteiger partial charge in [-0.05, 0) is 69.3 Å². The van der Waals surface area contributed by atoms with E-state index in [-0.39, 0.29) is 5.91 Å². The molecule has 188 valence electrons. The molecule has 1 fully saturated rings. The highest BCUT2D eigenvalue weighted by molar-refractivity contribution is 5.95. The first-order valence-corrected chi connectivity index (χ1v) is 12.6. The summed E-state index contributed by atoms with van der Waals surface area (Å²) in [5, 5.41) is 20.6. The van der Waals surface area contributed by atoms with Crippen molar-refractivity contribution in [3.8, 4) is 17.6 Å². The first-order chi connectivity index (χ1) is 18.1. The van der Waals surface area contributed by atoms with Crippen molar-refractivity contribution in [1.82, 2.24) is 14.5 Å². The minimum absolute atomic E-state index is 0.0198. The second kappa shape index (κ2) is 11.1. The number of hydrogen-bond donors (Lipinski definition) is 2. The Morgan fingerprint density at radius 2 is 1.78 bits per heavy atom. The first kappa shape index (κ1) is 24.3. The van der Waals surface area contributed by atoms with Gasteiger partial charge >= 0.3 is 0 Å². The average Bonchev–Trinajstić information content (AvgIpc) is 3.25. The predicted molar refractivity (Wildman–Crippen MR) is 144 cm³/mol. The number of para-hydroxylation sites is 1. The molecule has 0 aliphatic carbocycles. The molecular weight excluding hydrogens is 464 g/mol. The topological polar surface area (TPSA) is 94.7 Å². The standard InChI is InChI=1S/C29H30N6O2/c1-21-26(33-27(36)14-17-34-15-6-3-7-16-34)20-35-29(21)28(22(18-30)19-31-35)32-23-10-12-25(13-11-23)37-24-8-4-2-5-9-24/h2,4-5,8-13,19-20,32H,3,6-7,14-17H2,1H3,(H,33,36). The van der Waals surface area contributed by atoms with Gasteiger partial charge in [0, 0.05) is 24.2 Å². The summed E-state index contributed by atoms with van der Waals surface area (Å²) in [4.78, 5) is 15.1. The molecule has 2 aromatic heterocycles. The number of piperidine rings is 1. The Balaban J connectivity index is 1.33. The van der Waals surface area contributed by atoms with Crippen molar-refractivity contribution in [2.75, 3.05) is 30.3 Å². The summed E-state index contributed by atoms with van der Waals surface area (Å²) < 4.78 is 7.58. The lowest BCUT2D eigenvalue weighted by Crippen LogP contribution is -2.32. The molecule has 1 amide bonds. The minimum atomic E-state index is -0.0198. The highest BCUT2D eigenvalue weighted by atomic mass is 16.5. The number of ether oxygens (including phenoxy) is 1. The molecule has 2 aromatic carbocycles. The number of carbonyl (C=O) groups excluding carboxylic acids is 1. The van der Waals surface area contributed by atoms with Gasteiger partial charge in [0.05, 0.1) is 34.8 Å². The second-order valence-electron chi connectivity index (χ2n) is 9.27. The number of amides is 1. The maximum atomic E-state index is 12.7. The first-order valence-electron chi connectivity index (χ1n) is 12.6. The van der Waals surface area contributed by atoms with E-state index in [9.17, 15) is 10.1 Å². The number of benzene rings is 2. The van der Waals surface area contributed by atoms with Crippen LogP contribution in [-0.2, 0) is 4.79 Å². The Morgan fingerprint density at radius 1 is 1.05 bits per heavy atom. The van der Waals surface area contributed by atoms with Gasteiger partial charge in [-0.3, -0.25) is 4.79 Å². The van der Waals surface area contributed by atoms with Crippen molar-refractivity contribution < 1.29 is 9.53 Å². The maximum Gasteiger partial charge on any atom is 0.225 e. The molecule has 1 aliphatic rings. The molecule has 0 unspecified atom stereocenters. The van der Waals surface area contributed by atoms with Gasteiger partial charge in [0.25, 0.3) is 0 Å². The number of anilines is 3. The smallest absolute Gasteiger partial charge is 0.225 e. The highest BCUT2D eigenvalue weighted by Crippen LogP contribution is 2.33. The van der Waals surface area contributed by atoms with Gasteiger partial charge in [-0.15, -0.1) is 0 Å². The molecule has 3 heterocycles. The minimum Gasteiger partial charge on any atom is -0.457 e. The zero-order chi connectivity index (χ0) is 25.6. The van der Waals surface area contributed by atoms with Gasteiger partial charge in [0.1, 0.15) is 17.6 Å². The number of hydrogen-bond acceptors (Lipinski definition) is 6. The number of aryl methyl sites for hydroxylation is 1. The maximum absolute atomic E-state index is 12.7. The summed E-state index contributed by atoms with van der Waals surface area (Å²) in [6.45, 7) is 4.83. The molecule has 8 nitrogen and oxygen atoms in total. The van der Waals surface area contributed by atoms with Crippen molar-refractivity contribution in [2.24, 2.45) is 0 Å². The Hall–Kier alpha value is -4.35. The molecule has 0 bridgehead atoms. The fraction of sp³-hybridized carbons (Fsp3) is 0.276. The summed E-state index contributed by atoms with van der Waals surface area (Å²) in [7, 11) is 0. The third-order valence-corrected chi connectivity index (χ3v) is 6.66. The molecule has 5 rings (SSSR count). The van der Waals surface area contributed by atoms with E-state index in [1.54, 1.807) is 10.7 Å². The molecular formula is C29H30N6O2. The van der Waals surface area contributed by atoms with Crippen LogP contribution in [0, 0.1) is 18.3 Å². The molecule has 0 spiro atoms. The largest absolute Gasteiger partial charge is 0.457 e. The van der Waals surface area contributed by atoms with Crippen LogP contribution in [0.15, 0.2) is 67.0 Å². The van der Waals surface area contributed by atoms with Crippen LogP contribution in [0.5, 0.6) is 11.5 Å². The Kier molecular flexibility index (Phi) is 7.33. The highest BCUT2D eigenvalue weighted by Gasteiger charge is 2.18. The van der Waals surface area contributed by atoms with Crippen molar-refractivity contribution >= 4 is 28.5 Å². The van der Waals surface area contributed by atoms with E-state index in [0.717, 1.165) is 42.2 Å². The van der Waals surface area contributed by atoms with Crippen molar-refractivity contribution in [3.05, 3.63) is 78.1 Å². The van der Waals surface area contributed by atoms with Gasteiger partial charge in [0.2, 0.25) is 5.91 Å². The van der Waals surface area contributed by atoms with Gasteiger partial charge in [-0.1, -0.05) is 24.6 Å². The molecule has 1 aliphatic heterocycles. The van der Waals surface area contributed by atoms with E-state index in [2.05, 4.69) is 26.7 Å². The van der Waals surface area contributed by atoms with Crippen LogP contribution in [0.25, 0.3) is 5.52 Å². The molecule has 37 heavy (non-hydrogen) atoms. The van der Waals surface area contributed by atoms with Crippen LogP contribution in [-0.4, -0.2) is 40.1 Å². The van der Waals surface area contributed by atoms with Gasteiger partial charge < -0.3 is 20.3 Å². The van der Waals surface area contributed by atoms with E-state index < -0.39 is 0 Å². The molecule has 0 atom stereocenters. The Morgan fingerprint density at radius 3 is 2.51 bits per heavy atom. The van der Waals surface area contributed by atoms with Crippen LogP contribution in [0.3, 0.4) is 0 Å². The number of carbonyl (C=O) groups is 1. The number of nitriles is 1. The van der Waals surface area contributed by atoms with Crippen LogP contribution < -0.4 is 15.4 Å². The molecule has 4 aromatic rings. The number of nitrogens with zero attached hydrogens (tertiary/aromatic N) is 4. The summed E-state index contributed by atoms with van der Waals surface area (Å²) >= 11 is 0. The summed E-state index contributed by atoms with van der Waals surface area (Å²) in [6, 6.07) is 19.4. The zero-order valence-electron chi connectivity index (χ0n) is 20.9. The van der Waals surface area contributed by atoms with E-state index >= 15 is 0 Å². The van der Waals surface area contributed by atoms with Crippen LogP contribution >= 0.6 is 0 Å². The lowest BCUT2D eigenvalue weighted by Gasteiger charge is -2.25. The Labute approximate surface area is 216 Å². The molecule has 8 heteroatoms. The average molecular weight is 495 g/mol. The molecule has 0 saturated carbocycles. The number of likely N-dealkylation sites (tertiary alicyclic amines) is 1. The Bertz CT molecular complexity index is 1420. The van der Waals surface area contributed by atoms with Crippen LogP contribution in [0.4, 0.5) is 17.1 Å². The van der Waals surface area contributed by atoms with Crippen molar-refractivity contribution in [1.29, 1.82) is 5.26 Å². The normalized spacial score (nSPS) is 13.7. The zero-order valence-corrected chi connectivity index (χ0v) is 20.9. The third kappa shape index (κ3) is 5.74. The van der Waals surface area contributed by atoms with Crippen LogP contribution in [0.1, 0.15) is 36.8 Å². The van der Waals surface area contributed by atoms with Gasteiger partial charge in [-0.25, -0.2) is 4.52 Å². The quantitative estimate of drug-likeness (QED) is 0.318. The van der Waals surface area contributed by atoms with E-state index in [1.165, 1.54) is 25.5 Å². The number of fused-ring (bicyclic) bond motifs is 1. The molecule has 1 saturated heterocycles. The third-order valence-electron chi connectivity index (χ3n) is 6.66. The number of rotatable bonds is 8. The fourth-order valence-electron chi connectivity index (χ4n) is 4.66. The van der Waals surface area contributed by atoms with Crippen molar-refractivity contribution in [2.45, 2.75) is 32.6 Å².